The fraction of sp³-hybridized carbons (Fsp3) is 0.292. The average molecular weight is 420 g/mol. The molecule has 0 saturated carbocycles. The Morgan fingerprint density at radius 2 is 1.93 bits per heavy atom. The first-order chi connectivity index (χ1) is 14.3. The molecule has 0 aliphatic carbocycles. The summed E-state index contributed by atoms with van der Waals surface area (Å²) in [6.45, 7) is 5.21. The van der Waals surface area contributed by atoms with Crippen molar-refractivity contribution in [3.8, 4) is 0 Å². The van der Waals surface area contributed by atoms with Crippen molar-refractivity contribution in [3.63, 3.8) is 0 Å². The largest absolute Gasteiger partial charge is 0.353 e. The number of benzene rings is 2. The molecule has 2 aromatic carbocycles. The smallest absolute Gasteiger partial charge is 0.138 e. The van der Waals surface area contributed by atoms with Crippen molar-refractivity contribution >= 4 is 34.6 Å². The van der Waals surface area contributed by atoms with E-state index in [0.29, 0.717) is 6.04 Å². The lowest BCUT2D eigenvalue weighted by atomic mass is 10.0. The molecule has 5 rings (SSSR count). The van der Waals surface area contributed by atoms with E-state index >= 15 is 0 Å². The van der Waals surface area contributed by atoms with Crippen molar-refractivity contribution in [3.05, 3.63) is 76.7 Å². The molecule has 3 nitrogen and oxygen atoms in total. The summed E-state index contributed by atoms with van der Waals surface area (Å²) in [6.07, 6.45) is 2.26. The minimum Gasteiger partial charge on any atom is -0.353 e. The van der Waals surface area contributed by atoms with Gasteiger partial charge in [0.2, 0.25) is 0 Å². The number of nitrogens with one attached hydrogen (secondary N) is 1. The van der Waals surface area contributed by atoms with Crippen molar-refractivity contribution in [2.45, 2.75) is 34.9 Å². The van der Waals surface area contributed by atoms with Crippen molar-refractivity contribution in [1.82, 2.24) is 10.2 Å². The zero-order valence-electron chi connectivity index (χ0n) is 16.6. The van der Waals surface area contributed by atoms with E-state index < -0.39 is 0 Å². The molecule has 5 heteroatoms. The molecule has 148 valence electrons. The average Bonchev–Trinajstić information content (AvgIpc) is 3.04. The SMILES string of the molecule is Cc1cc2c(s1)Sc1ccccc1N=C2N1CCN[C@@H](CCc2ccccc2)C1. The van der Waals surface area contributed by atoms with Crippen LogP contribution in [0.25, 0.3) is 0 Å². The Bertz CT molecular complexity index is 1030. The molecule has 1 saturated heterocycles. The van der Waals surface area contributed by atoms with Crippen LogP contribution in [0, 0.1) is 6.92 Å². The quantitative estimate of drug-likeness (QED) is 0.607. The Labute approximate surface area is 180 Å². The maximum absolute atomic E-state index is 5.17. The molecule has 3 aromatic rings. The molecular weight excluding hydrogens is 394 g/mol. The molecule has 1 N–H and O–H groups in total. The van der Waals surface area contributed by atoms with Crippen molar-refractivity contribution in [1.29, 1.82) is 0 Å². The van der Waals surface area contributed by atoms with Crippen LogP contribution in [0.3, 0.4) is 0 Å². The normalized spacial score (nSPS) is 18.6. The maximum Gasteiger partial charge on any atom is 0.138 e. The topological polar surface area (TPSA) is 27.6 Å². The van der Waals surface area contributed by atoms with Gasteiger partial charge in [0.15, 0.2) is 0 Å². The predicted octanol–water partition coefficient (Wildman–Crippen LogP) is 5.51. The zero-order chi connectivity index (χ0) is 19.6. The highest BCUT2D eigenvalue weighted by molar-refractivity contribution is 8.01. The maximum atomic E-state index is 5.17. The fourth-order valence-electron chi connectivity index (χ4n) is 4.07. The summed E-state index contributed by atoms with van der Waals surface area (Å²) in [4.78, 5) is 10.3. The lowest BCUT2D eigenvalue weighted by Crippen LogP contribution is -2.52. The highest BCUT2D eigenvalue weighted by atomic mass is 32.2. The van der Waals surface area contributed by atoms with Gasteiger partial charge in [0.05, 0.1) is 9.90 Å². The lowest BCUT2D eigenvalue weighted by molar-refractivity contribution is 0.282. The van der Waals surface area contributed by atoms with Crippen LogP contribution >= 0.6 is 23.1 Å². The summed E-state index contributed by atoms with van der Waals surface area (Å²) in [5, 5.41) is 3.72. The van der Waals surface area contributed by atoms with Crippen molar-refractivity contribution < 1.29 is 0 Å². The van der Waals surface area contributed by atoms with E-state index in [1.54, 1.807) is 0 Å². The van der Waals surface area contributed by atoms with Gasteiger partial charge in [-0.25, -0.2) is 4.99 Å². The van der Waals surface area contributed by atoms with Crippen LogP contribution < -0.4 is 5.32 Å². The summed E-state index contributed by atoms with van der Waals surface area (Å²) in [5.74, 6) is 1.15. The monoisotopic (exact) mass is 419 g/mol. The van der Waals surface area contributed by atoms with Gasteiger partial charge in [-0.15, -0.1) is 11.3 Å². The molecule has 3 heterocycles. The lowest BCUT2D eigenvalue weighted by Gasteiger charge is -2.36. The van der Waals surface area contributed by atoms with Gasteiger partial charge in [0, 0.05) is 41.0 Å². The van der Waals surface area contributed by atoms with E-state index in [-0.39, 0.29) is 0 Å². The molecule has 0 bridgehead atoms. The number of thiophene rings is 1. The third-order valence-corrected chi connectivity index (χ3v) is 7.85. The van der Waals surface area contributed by atoms with E-state index in [0.717, 1.165) is 44.0 Å². The molecule has 1 atom stereocenters. The number of hydrogen-bond donors (Lipinski definition) is 1. The van der Waals surface area contributed by atoms with Gasteiger partial charge in [-0.3, -0.25) is 0 Å². The van der Waals surface area contributed by atoms with Crippen LogP contribution in [0.2, 0.25) is 0 Å². The van der Waals surface area contributed by atoms with Gasteiger partial charge in [-0.05, 0) is 43.5 Å². The zero-order valence-corrected chi connectivity index (χ0v) is 18.2. The van der Waals surface area contributed by atoms with Crippen molar-refractivity contribution in [2.24, 2.45) is 4.99 Å². The van der Waals surface area contributed by atoms with Gasteiger partial charge in [0.25, 0.3) is 0 Å². The fourth-order valence-corrected chi connectivity index (χ4v) is 6.46. The summed E-state index contributed by atoms with van der Waals surface area (Å²) in [5.41, 5.74) is 3.81. The molecule has 29 heavy (non-hydrogen) atoms. The van der Waals surface area contributed by atoms with Gasteiger partial charge >= 0.3 is 0 Å². The Balaban J connectivity index is 1.40. The van der Waals surface area contributed by atoms with Crippen LogP contribution in [0.4, 0.5) is 5.69 Å². The second-order valence-corrected chi connectivity index (χ2v) is 10.3. The molecule has 0 amide bonds. The molecule has 1 fully saturated rings. The number of para-hydroxylation sites is 1. The van der Waals surface area contributed by atoms with E-state index in [1.807, 2.05) is 23.1 Å². The number of nitrogens with zero attached hydrogens (tertiary/aromatic N) is 2. The predicted molar refractivity (Wildman–Crippen MR) is 124 cm³/mol. The standard InChI is InChI=1S/C24H25N3S2/c1-17-15-20-23(26-21-9-5-6-10-22(21)29-24(20)28-17)27-14-13-25-19(16-27)12-11-18-7-3-2-4-8-18/h2-10,15,19,25H,11-14,16H2,1H3/t19-/m0/s1. The number of aliphatic imine (C=N–C) groups is 1. The number of rotatable bonds is 3. The molecule has 2 aliphatic heterocycles. The molecule has 0 radical (unpaired) electrons. The molecule has 0 unspecified atom stereocenters. The highest BCUT2D eigenvalue weighted by Gasteiger charge is 2.27. The van der Waals surface area contributed by atoms with E-state index in [1.165, 1.54) is 25.1 Å². The van der Waals surface area contributed by atoms with E-state index in [2.05, 4.69) is 77.8 Å². The second kappa shape index (κ2) is 8.34. The molecule has 1 aromatic heterocycles. The number of aryl methyl sites for hydroxylation is 2. The van der Waals surface area contributed by atoms with Crippen LogP contribution in [0.1, 0.15) is 22.4 Å². The Morgan fingerprint density at radius 3 is 2.83 bits per heavy atom. The first kappa shape index (κ1) is 18.9. The third-order valence-electron chi connectivity index (χ3n) is 5.54. The summed E-state index contributed by atoms with van der Waals surface area (Å²) >= 11 is 3.74. The van der Waals surface area contributed by atoms with Crippen molar-refractivity contribution in [2.75, 3.05) is 19.6 Å². The van der Waals surface area contributed by atoms with Crippen LogP contribution in [0.5, 0.6) is 0 Å². The molecular formula is C24H25N3S2. The van der Waals surface area contributed by atoms with E-state index in [4.69, 9.17) is 4.99 Å². The minimum atomic E-state index is 0.487. The summed E-state index contributed by atoms with van der Waals surface area (Å²) in [7, 11) is 0. The highest BCUT2D eigenvalue weighted by Crippen LogP contribution is 2.44. The first-order valence-corrected chi connectivity index (χ1v) is 11.9. The van der Waals surface area contributed by atoms with Crippen LogP contribution in [0.15, 0.2) is 74.8 Å². The number of fused-ring (bicyclic) bond motifs is 2. The number of piperazine rings is 1. The van der Waals surface area contributed by atoms with E-state index in [9.17, 15) is 0 Å². The third kappa shape index (κ3) is 4.13. The van der Waals surface area contributed by atoms with Gasteiger partial charge in [-0.1, -0.05) is 54.2 Å². The summed E-state index contributed by atoms with van der Waals surface area (Å²) < 4.78 is 1.37. The second-order valence-electron chi connectivity index (χ2n) is 7.68. The van der Waals surface area contributed by atoms with Crippen LogP contribution in [-0.2, 0) is 6.42 Å². The minimum absolute atomic E-state index is 0.487. The molecule has 0 spiro atoms. The van der Waals surface area contributed by atoms with Gasteiger partial charge in [0.1, 0.15) is 5.84 Å². The Hall–Kier alpha value is -2.08. The Kier molecular flexibility index (Phi) is 5.44. The first-order valence-electron chi connectivity index (χ1n) is 10.2. The van der Waals surface area contributed by atoms with Gasteiger partial charge < -0.3 is 10.2 Å². The Morgan fingerprint density at radius 1 is 1.10 bits per heavy atom. The number of hydrogen-bond acceptors (Lipinski definition) is 5. The number of amidine groups is 1. The molecule has 2 aliphatic rings. The van der Waals surface area contributed by atoms with Gasteiger partial charge in [-0.2, -0.15) is 0 Å². The van der Waals surface area contributed by atoms with Crippen LogP contribution in [-0.4, -0.2) is 36.4 Å². The summed E-state index contributed by atoms with van der Waals surface area (Å²) in [6, 6.07) is 22.1.